The van der Waals surface area contributed by atoms with E-state index in [1.165, 1.54) is 0 Å². The van der Waals surface area contributed by atoms with Crippen molar-refractivity contribution in [3.05, 3.63) is 40.5 Å². The van der Waals surface area contributed by atoms with Crippen LogP contribution in [0, 0.1) is 0 Å². The Morgan fingerprint density at radius 3 is 2.89 bits per heavy atom. The topological polar surface area (TPSA) is 39.1 Å². The van der Waals surface area contributed by atoms with Gasteiger partial charge in [-0.05, 0) is 24.6 Å². The SMILES string of the molecule is CCCOc1ccc(Br)cc1CNc1ccn(C)n1. The molecule has 1 aromatic heterocycles. The summed E-state index contributed by atoms with van der Waals surface area (Å²) in [6.45, 7) is 3.53. The Morgan fingerprint density at radius 2 is 2.21 bits per heavy atom. The number of ether oxygens (including phenoxy) is 1. The molecule has 0 saturated carbocycles. The summed E-state index contributed by atoms with van der Waals surface area (Å²) >= 11 is 3.49. The molecule has 0 fully saturated rings. The van der Waals surface area contributed by atoms with E-state index >= 15 is 0 Å². The number of hydrogen-bond acceptors (Lipinski definition) is 3. The van der Waals surface area contributed by atoms with Gasteiger partial charge in [-0.15, -0.1) is 0 Å². The summed E-state index contributed by atoms with van der Waals surface area (Å²) in [4.78, 5) is 0. The van der Waals surface area contributed by atoms with Gasteiger partial charge in [0, 0.05) is 35.9 Å². The molecule has 0 atom stereocenters. The highest BCUT2D eigenvalue weighted by molar-refractivity contribution is 9.10. The molecule has 0 unspecified atom stereocenters. The first-order chi connectivity index (χ1) is 9.19. The van der Waals surface area contributed by atoms with Gasteiger partial charge in [0.15, 0.2) is 0 Å². The van der Waals surface area contributed by atoms with Crippen LogP contribution in [0.4, 0.5) is 5.82 Å². The largest absolute Gasteiger partial charge is 0.493 e. The van der Waals surface area contributed by atoms with Gasteiger partial charge in [-0.2, -0.15) is 5.10 Å². The maximum atomic E-state index is 5.75. The molecular formula is C14H18BrN3O. The van der Waals surface area contributed by atoms with Gasteiger partial charge in [0.2, 0.25) is 0 Å². The molecular weight excluding hydrogens is 306 g/mol. The van der Waals surface area contributed by atoms with E-state index in [-0.39, 0.29) is 0 Å². The Labute approximate surface area is 121 Å². The first-order valence-corrected chi connectivity index (χ1v) is 7.13. The summed E-state index contributed by atoms with van der Waals surface area (Å²) in [5.41, 5.74) is 1.12. The van der Waals surface area contributed by atoms with E-state index in [9.17, 15) is 0 Å². The van der Waals surface area contributed by atoms with E-state index in [4.69, 9.17) is 4.74 Å². The quantitative estimate of drug-likeness (QED) is 0.883. The van der Waals surface area contributed by atoms with Crippen LogP contribution in [0.3, 0.4) is 0 Å². The minimum atomic E-state index is 0.690. The first kappa shape index (κ1) is 13.9. The summed E-state index contributed by atoms with van der Waals surface area (Å²) in [7, 11) is 1.90. The molecule has 0 aliphatic carbocycles. The number of benzene rings is 1. The van der Waals surface area contributed by atoms with Crippen molar-refractivity contribution >= 4 is 21.7 Å². The number of aromatic nitrogens is 2. The van der Waals surface area contributed by atoms with E-state index in [0.717, 1.165) is 34.6 Å². The van der Waals surface area contributed by atoms with Crippen LogP contribution < -0.4 is 10.1 Å². The maximum absolute atomic E-state index is 5.75. The van der Waals surface area contributed by atoms with Crippen LogP contribution in [0.1, 0.15) is 18.9 Å². The van der Waals surface area contributed by atoms with Crippen LogP contribution in [0.5, 0.6) is 5.75 Å². The van der Waals surface area contributed by atoms with E-state index in [0.29, 0.717) is 6.54 Å². The molecule has 0 aliphatic rings. The number of aryl methyl sites for hydroxylation is 1. The van der Waals surface area contributed by atoms with Gasteiger partial charge in [-0.3, -0.25) is 4.68 Å². The van der Waals surface area contributed by atoms with Crippen molar-refractivity contribution < 1.29 is 4.74 Å². The molecule has 0 radical (unpaired) electrons. The summed E-state index contributed by atoms with van der Waals surface area (Å²) in [5, 5.41) is 7.59. The van der Waals surface area contributed by atoms with Gasteiger partial charge in [0.05, 0.1) is 6.61 Å². The molecule has 1 heterocycles. The molecule has 5 heteroatoms. The summed E-state index contributed by atoms with van der Waals surface area (Å²) in [6.07, 6.45) is 2.92. The van der Waals surface area contributed by atoms with Gasteiger partial charge in [-0.25, -0.2) is 0 Å². The molecule has 0 amide bonds. The Bertz CT molecular complexity index is 539. The van der Waals surface area contributed by atoms with Crippen molar-refractivity contribution in [3.63, 3.8) is 0 Å². The van der Waals surface area contributed by atoms with Crippen molar-refractivity contribution in [1.82, 2.24) is 9.78 Å². The summed E-state index contributed by atoms with van der Waals surface area (Å²) < 4.78 is 8.57. The Hall–Kier alpha value is -1.49. The van der Waals surface area contributed by atoms with Gasteiger partial charge in [0.1, 0.15) is 11.6 Å². The van der Waals surface area contributed by atoms with E-state index in [2.05, 4.69) is 39.3 Å². The highest BCUT2D eigenvalue weighted by Gasteiger charge is 2.05. The van der Waals surface area contributed by atoms with Crippen molar-refractivity contribution in [2.75, 3.05) is 11.9 Å². The Balaban J connectivity index is 2.06. The van der Waals surface area contributed by atoms with Crippen molar-refractivity contribution in [2.45, 2.75) is 19.9 Å². The monoisotopic (exact) mass is 323 g/mol. The third-order valence-corrected chi connectivity index (χ3v) is 3.15. The minimum absolute atomic E-state index is 0.690. The minimum Gasteiger partial charge on any atom is -0.493 e. The third kappa shape index (κ3) is 3.99. The van der Waals surface area contributed by atoms with E-state index in [1.54, 1.807) is 4.68 Å². The molecule has 2 rings (SSSR count). The predicted octanol–water partition coefficient (Wildman–Crippen LogP) is 3.58. The molecule has 0 spiro atoms. The molecule has 0 saturated heterocycles. The average Bonchev–Trinajstić information content (AvgIpc) is 2.81. The smallest absolute Gasteiger partial charge is 0.148 e. The fourth-order valence-corrected chi connectivity index (χ4v) is 2.14. The van der Waals surface area contributed by atoms with Crippen molar-refractivity contribution in [2.24, 2.45) is 7.05 Å². The Kier molecular flexibility index (Phi) is 4.85. The molecule has 0 bridgehead atoms. The predicted molar refractivity (Wildman–Crippen MR) is 80.5 cm³/mol. The second-order valence-electron chi connectivity index (χ2n) is 4.33. The second kappa shape index (κ2) is 6.61. The van der Waals surface area contributed by atoms with E-state index in [1.807, 2.05) is 31.4 Å². The van der Waals surface area contributed by atoms with Crippen LogP contribution in [0.25, 0.3) is 0 Å². The van der Waals surface area contributed by atoms with Crippen LogP contribution >= 0.6 is 15.9 Å². The fourth-order valence-electron chi connectivity index (χ4n) is 1.73. The maximum Gasteiger partial charge on any atom is 0.148 e. The number of nitrogens with zero attached hydrogens (tertiary/aromatic N) is 2. The van der Waals surface area contributed by atoms with Gasteiger partial charge in [0.25, 0.3) is 0 Å². The zero-order chi connectivity index (χ0) is 13.7. The molecule has 4 nitrogen and oxygen atoms in total. The molecule has 19 heavy (non-hydrogen) atoms. The number of nitrogens with one attached hydrogen (secondary N) is 1. The van der Waals surface area contributed by atoms with Gasteiger partial charge >= 0.3 is 0 Å². The number of anilines is 1. The number of halogens is 1. The lowest BCUT2D eigenvalue weighted by molar-refractivity contribution is 0.314. The molecule has 1 N–H and O–H groups in total. The lowest BCUT2D eigenvalue weighted by atomic mass is 10.2. The highest BCUT2D eigenvalue weighted by Crippen LogP contribution is 2.24. The first-order valence-electron chi connectivity index (χ1n) is 6.34. The van der Waals surface area contributed by atoms with Gasteiger partial charge in [-0.1, -0.05) is 22.9 Å². The van der Waals surface area contributed by atoms with Crippen LogP contribution in [-0.2, 0) is 13.6 Å². The molecule has 2 aromatic rings. The number of rotatable bonds is 6. The number of hydrogen-bond donors (Lipinski definition) is 1. The zero-order valence-electron chi connectivity index (χ0n) is 11.2. The van der Waals surface area contributed by atoms with Crippen molar-refractivity contribution in [1.29, 1.82) is 0 Å². The van der Waals surface area contributed by atoms with Crippen molar-refractivity contribution in [3.8, 4) is 5.75 Å². The highest BCUT2D eigenvalue weighted by atomic mass is 79.9. The van der Waals surface area contributed by atoms with E-state index < -0.39 is 0 Å². The second-order valence-corrected chi connectivity index (χ2v) is 5.24. The summed E-state index contributed by atoms with van der Waals surface area (Å²) in [5.74, 6) is 1.79. The normalized spacial score (nSPS) is 10.5. The lowest BCUT2D eigenvalue weighted by Crippen LogP contribution is -2.05. The fraction of sp³-hybridized carbons (Fsp3) is 0.357. The zero-order valence-corrected chi connectivity index (χ0v) is 12.8. The third-order valence-electron chi connectivity index (χ3n) is 2.66. The van der Waals surface area contributed by atoms with Crippen LogP contribution in [0.2, 0.25) is 0 Å². The standard InChI is InChI=1S/C14H18BrN3O/c1-3-8-19-13-5-4-12(15)9-11(13)10-16-14-6-7-18(2)17-14/h4-7,9H,3,8,10H2,1-2H3,(H,16,17). The Morgan fingerprint density at radius 1 is 1.37 bits per heavy atom. The summed E-state index contributed by atoms with van der Waals surface area (Å²) in [6, 6.07) is 8.01. The average molecular weight is 324 g/mol. The van der Waals surface area contributed by atoms with Crippen LogP contribution in [-0.4, -0.2) is 16.4 Å². The van der Waals surface area contributed by atoms with Gasteiger partial charge < -0.3 is 10.1 Å². The molecule has 1 aromatic carbocycles. The molecule has 102 valence electrons. The molecule has 0 aliphatic heterocycles. The lowest BCUT2D eigenvalue weighted by Gasteiger charge is -2.12. The van der Waals surface area contributed by atoms with Crippen LogP contribution in [0.15, 0.2) is 34.9 Å².